The molecule has 0 bridgehead atoms. The number of thiophene rings is 1. The maximum atomic E-state index is 13.8. The summed E-state index contributed by atoms with van der Waals surface area (Å²) in [4.78, 5) is 4.81. The van der Waals surface area contributed by atoms with Crippen molar-refractivity contribution in [3.05, 3.63) is 71.6 Å². The fourth-order valence-electron chi connectivity index (χ4n) is 2.84. The van der Waals surface area contributed by atoms with Crippen LogP contribution in [0.1, 0.15) is 0 Å². The van der Waals surface area contributed by atoms with E-state index in [9.17, 15) is 12.8 Å². The lowest BCUT2D eigenvalue weighted by Gasteiger charge is -2.08. The number of rotatable bonds is 3. The monoisotopic (exact) mass is 435 g/mol. The molecule has 2 heterocycles. The highest BCUT2D eigenvalue weighted by Gasteiger charge is 2.28. The van der Waals surface area contributed by atoms with Crippen LogP contribution in [0.3, 0.4) is 0 Å². The molecule has 0 amide bonds. The van der Waals surface area contributed by atoms with Crippen LogP contribution in [0.25, 0.3) is 21.3 Å². The van der Waals surface area contributed by atoms with Crippen LogP contribution in [0.4, 0.5) is 4.39 Å². The van der Waals surface area contributed by atoms with Gasteiger partial charge < -0.3 is 0 Å². The number of pyridine rings is 1. The molecular weight excluding hydrogens is 424 g/mol. The summed E-state index contributed by atoms with van der Waals surface area (Å²) in [5, 5.41) is 1.74. The first-order chi connectivity index (χ1) is 12.9. The van der Waals surface area contributed by atoms with E-state index in [-0.39, 0.29) is 9.10 Å². The molecule has 3 nitrogen and oxygen atoms in total. The Hall–Kier alpha value is -1.85. The van der Waals surface area contributed by atoms with Crippen molar-refractivity contribution < 1.29 is 12.8 Å². The summed E-state index contributed by atoms with van der Waals surface area (Å²) in [5.41, 5.74) is 1.26. The molecule has 0 aliphatic rings. The second kappa shape index (κ2) is 6.95. The maximum absolute atomic E-state index is 13.8. The first kappa shape index (κ1) is 18.5. The molecule has 0 saturated carbocycles. The van der Waals surface area contributed by atoms with Crippen LogP contribution in [-0.2, 0) is 9.84 Å². The van der Waals surface area contributed by atoms with Crippen molar-refractivity contribution in [3.8, 4) is 11.1 Å². The van der Waals surface area contributed by atoms with Gasteiger partial charge in [-0.15, -0.1) is 20.6 Å². The lowest BCUT2D eigenvalue weighted by molar-refractivity contribution is 0.593. The van der Waals surface area contributed by atoms with Crippen LogP contribution in [0.5, 0.6) is 0 Å². The van der Waals surface area contributed by atoms with E-state index in [2.05, 4.69) is 14.2 Å². The number of benzene rings is 2. The van der Waals surface area contributed by atoms with E-state index in [0.29, 0.717) is 26.3 Å². The first-order valence-corrected chi connectivity index (χ1v) is 11.1. The van der Waals surface area contributed by atoms with E-state index in [1.807, 2.05) is 6.07 Å². The van der Waals surface area contributed by atoms with Crippen molar-refractivity contribution >= 4 is 57.5 Å². The van der Waals surface area contributed by atoms with Gasteiger partial charge in [-0.05, 0) is 53.3 Å². The predicted molar refractivity (Wildman–Crippen MR) is 111 cm³/mol. The van der Waals surface area contributed by atoms with Gasteiger partial charge in [-0.25, -0.2) is 17.8 Å². The van der Waals surface area contributed by atoms with E-state index < -0.39 is 15.7 Å². The molecule has 0 fully saturated rings. The van der Waals surface area contributed by atoms with Crippen molar-refractivity contribution in [2.75, 3.05) is 0 Å². The second-order valence-electron chi connectivity index (χ2n) is 5.85. The Morgan fingerprint density at radius 3 is 2.52 bits per heavy atom. The second-order valence-corrected chi connectivity index (χ2v) is 10.1. The largest absolute Gasteiger partial charge is 0.245 e. The van der Waals surface area contributed by atoms with Crippen LogP contribution in [0.15, 0.2) is 69.9 Å². The standard InChI is InChI=1S/C19H12ClFNO2PS2/c20-12-5-3-11(4-6-12)17-16-2-1-7-22-18(16)26-19(17)27(23,24)15-9-13(21)8-14(25)10-15/h1-10H,25H2. The predicted octanol–water partition coefficient (Wildman–Crippen LogP) is 5.09. The van der Waals surface area contributed by atoms with Gasteiger partial charge in [0.25, 0.3) is 0 Å². The summed E-state index contributed by atoms with van der Waals surface area (Å²) in [6.45, 7) is 0. The summed E-state index contributed by atoms with van der Waals surface area (Å²) >= 11 is 7.05. The average molecular weight is 436 g/mol. The summed E-state index contributed by atoms with van der Waals surface area (Å²) in [7, 11) is -1.62. The molecule has 0 spiro atoms. The lowest BCUT2D eigenvalue weighted by atomic mass is 10.1. The Morgan fingerprint density at radius 2 is 1.81 bits per heavy atom. The molecule has 0 N–H and O–H groups in total. The molecule has 2 aromatic heterocycles. The van der Waals surface area contributed by atoms with Gasteiger partial charge in [0, 0.05) is 22.2 Å². The van der Waals surface area contributed by atoms with E-state index in [0.717, 1.165) is 22.8 Å². The van der Waals surface area contributed by atoms with Crippen LogP contribution in [-0.4, -0.2) is 13.4 Å². The minimum absolute atomic E-state index is 0.0886. The Morgan fingerprint density at radius 1 is 1.07 bits per heavy atom. The fraction of sp³-hybridized carbons (Fsp3) is 0. The third kappa shape index (κ3) is 3.39. The molecule has 136 valence electrons. The normalized spacial score (nSPS) is 11.8. The highest BCUT2D eigenvalue weighted by Crippen LogP contribution is 2.43. The van der Waals surface area contributed by atoms with Crippen molar-refractivity contribution in [3.63, 3.8) is 0 Å². The molecule has 4 aromatic rings. The van der Waals surface area contributed by atoms with Gasteiger partial charge in [0.15, 0.2) is 0 Å². The van der Waals surface area contributed by atoms with Crippen LogP contribution in [0.2, 0.25) is 5.02 Å². The molecule has 0 radical (unpaired) electrons. The van der Waals surface area contributed by atoms with Gasteiger partial charge in [-0.1, -0.05) is 23.7 Å². The van der Waals surface area contributed by atoms with Crippen molar-refractivity contribution in [2.24, 2.45) is 0 Å². The Labute approximate surface area is 167 Å². The van der Waals surface area contributed by atoms with Crippen LogP contribution in [0, 0.1) is 5.82 Å². The van der Waals surface area contributed by atoms with Crippen molar-refractivity contribution in [1.82, 2.24) is 4.98 Å². The van der Waals surface area contributed by atoms with Crippen LogP contribution < -0.4 is 5.30 Å². The molecule has 0 aliphatic heterocycles. The quantitative estimate of drug-likeness (QED) is 0.421. The molecule has 2 aromatic carbocycles. The Bertz CT molecular complexity index is 1250. The number of fused-ring (bicyclic) bond motifs is 1. The van der Waals surface area contributed by atoms with Gasteiger partial charge in [-0.3, -0.25) is 0 Å². The van der Waals surface area contributed by atoms with Crippen molar-refractivity contribution in [1.29, 1.82) is 0 Å². The Balaban J connectivity index is 2.04. The van der Waals surface area contributed by atoms with Gasteiger partial charge in [0.1, 0.15) is 14.9 Å². The number of hydrogen-bond acceptors (Lipinski definition) is 4. The summed E-state index contributed by atoms with van der Waals surface area (Å²) < 4.78 is 40.7. The average Bonchev–Trinajstić information content (AvgIpc) is 3.02. The van der Waals surface area contributed by atoms with E-state index in [4.69, 9.17) is 11.6 Å². The Kier molecular flexibility index (Phi) is 4.77. The minimum Gasteiger partial charge on any atom is -0.245 e. The van der Waals surface area contributed by atoms with Gasteiger partial charge in [0.2, 0.25) is 9.84 Å². The van der Waals surface area contributed by atoms with E-state index in [1.165, 1.54) is 12.1 Å². The summed E-state index contributed by atoms with van der Waals surface area (Å²) in [6, 6.07) is 14.3. The van der Waals surface area contributed by atoms with E-state index in [1.54, 1.807) is 36.5 Å². The molecular formula is C19H12ClFNO2PS2. The summed E-state index contributed by atoms with van der Waals surface area (Å²) in [5.74, 6) is -0.603. The number of nitrogens with zero attached hydrogens (tertiary/aromatic N) is 1. The van der Waals surface area contributed by atoms with Gasteiger partial charge in [-0.2, -0.15) is 0 Å². The minimum atomic E-state index is -3.94. The fourth-order valence-corrected chi connectivity index (χ4v) is 6.56. The summed E-state index contributed by atoms with van der Waals surface area (Å²) in [6.07, 6.45) is 1.61. The topological polar surface area (TPSA) is 47.0 Å². The molecule has 0 aliphatic carbocycles. The lowest BCUT2D eigenvalue weighted by Crippen LogP contribution is -2.05. The first-order valence-electron chi connectivity index (χ1n) is 7.81. The SMILES string of the molecule is O=S(=O)(c1cc(F)cc(P)c1)c1sc2ncccc2c1-c1ccc(Cl)cc1. The zero-order valence-electron chi connectivity index (χ0n) is 13.7. The molecule has 27 heavy (non-hydrogen) atoms. The zero-order valence-corrected chi connectivity index (χ0v) is 17.2. The number of sulfone groups is 1. The molecule has 4 rings (SSSR count). The highest BCUT2D eigenvalue weighted by atomic mass is 35.5. The zero-order chi connectivity index (χ0) is 19.2. The van der Waals surface area contributed by atoms with Crippen molar-refractivity contribution in [2.45, 2.75) is 9.10 Å². The molecule has 1 atom stereocenters. The smallest absolute Gasteiger partial charge is 0.216 e. The number of aromatic nitrogens is 1. The molecule has 0 saturated heterocycles. The highest BCUT2D eigenvalue weighted by molar-refractivity contribution is 7.93. The van der Waals surface area contributed by atoms with Gasteiger partial charge >= 0.3 is 0 Å². The van der Waals surface area contributed by atoms with Crippen LogP contribution >= 0.6 is 32.2 Å². The maximum Gasteiger partial charge on any atom is 0.216 e. The van der Waals surface area contributed by atoms with E-state index >= 15 is 0 Å². The molecule has 8 heteroatoms. The van der Waals surface area contributed by atoms with Gasteiger partial charge in [0.05, 0.1) is 4.90 Å². The third-order valence-electron chi connectivity index (χ3n) is 4.01. The molecule has 1 unspecified atom stereocenters. The number of hydrogen-bond donors (Lipinski definition) is 0. The third-order valence-corrected chi connectivity index (χ3v) is 7.97. The number of halogens is 2.